The number of nitrogens with one attached hydrogen (secondary N) is 1. The molecule has 2 aromatic carbocycles. The number of rotatable bonds is 6. The Bertz CT molecular complexity index is 1350. The molecule has 2 aromatic rings. The lowest BCUT2D eigenvalue weighted by atomic mass is 9.92. The van der Waals surface area contributed by atoms with E-state index in [2.05, 4.69) is 55.6 Å². The summed E-state index contributed by atoms with van der Waals surface area (Å²) in [6.07, 6.45) is 4.87. The SMILES string of the molecule is CC(C)CCc1ccc(C2=NN=C(c3cccc4c3CC[C@@H]4NC(=O)N3CCOCC3)C3CC23)cc1C#N. The molecule has 6 rings (SSSR count). The summed E-state index contributed by atoms with van der Waals surface area (Å²) < 4.78 is 5.38. The van der Waals surface area contributed by atoms with Gasteiger partial charge in [0.25, 0.3) is 0 Å². The lowest BCUT2D eigenvalue weighted by Gasteiger charge is -2.28. The topological polar surface area (TPSA) is 90.1 Å². The Kier molecular flexibility index (Phi) is 6.75. The van der Waals surface area contributed by atoms with Gasteiger partial charge in [-0.15, -0.1) is 0 Å². The maximum absolute atomic E-state index is 12.8. The zero-order valence-electron chi connectivity index (χ0n) is 22.2. The fraction of sp³-hybridized carbons (Fsp3) is 0.484. The molecule has 4 aliphatic rings. The molecule has 7 heteroatoms. The van der Waals surface area contributed by atoms with Gasteiger partial charge >= 0.3 is 6.03 Å². The number of hydrogen-bond acceptors (Lipinski definition) is 5. The number of carbonyl (C=O) groups is 1. The zero-order chi connectivity index (χ0) is 26.2. The van der Waals surface area contributed by atoms with Gasteiger partial charge in [-0.1, -0.05) is 44.2 Å². The molecule has 38 heavy (non-hydrogen) atoms. The number of carbonyl (C=O) groups excluding carboxylic acids is 1. The molecule has 2 aliphatic carbocycles. The Morgan fingerprint density at radius 3 is 2.74 bits per heavy atom. The van der Waals surface area contributed by atoms with Crippen LogP contribution in [-0.2, 0) is 17.6 Å². The number of nitrogens with zero attached hydrogens (tertiary/aromatic N) is 4. The minimum atomic E-state index is -0.00461. The average molecular weight is 510 g/mol. The van der Waals surface area contributed by atoms with Crippen LogP contribution in [0.1, 0.15) is 72.5 Å². The first kappa shape index (κ1) is 24.8. The Morgan fingerprint density at radius 2 is 1.95 bits per heavy atom. The van der Waals surface area contributed by atoms with E-state index in [1.54, 1.807) is 0 Å². The van der Waals surface area contributed by atoms with Gasteiger partial charge in [-0.05, 0) is 66.3 Å². The lowest BCUT2D eigenvalue weighted by molar-refractivity contribution is 0.0525. The Morgan fingerprint density at radius 1 is 1.16 bits per heavy atom. The van der Waals surface area contributed by atoms with Crippen LogP contribution in [0.15, 0.2) is 46.6 Å². The number of urea groups is 1. The van der Waals surface area contributed by atoms with Crippen molar-refractivity contribution in [2.45, 2.75) is 52.0 Å². The fourth-order valence-corrected chi connectivity index (χ4v) is 6.13. The Hall–Kier alpha value is -3.50. The molecule has 2 fully saturated rings. The molecule has 2 heterocycles. The van der Waals surface area contributed by atoms with Crippen molar-refractivity contribution < 1.29 is 9.53 Å². The standard InChI is InChI=1S/C31H35N5O2/c1-19(2)6-7-20-8-9-21(16-22(20)18-32)29-26-17-27(26)30(35-34-29)25-5-3-4-24-23(25)10-11-28(24)33-31(37)36-12-14-38-15-13-36/h3-5,8-9,16,19,26-28H,6-7,10-15,17H2,1-2H3,(H,33,37)/t26?,27?,28-/m0/s1. The summed E-state index contributed by atoms with van der Waals surface area (Å²) in [5.74, 6) is 1.33. The highest BCUT2D eigenvalue weighted by Crippen LogP contribution is 2.48. The molecule has 196 valence electrons. The van der Waals surface area contributed by atoms with Crippen LogP contribution in [0.3, 0.4) is 0 Å². The summed E-state index contributed by atoms with van der Waals surface area (Å²) in [6.45, 7) is 6.91. The first-order chi connectivity index (χ1) is 18.5. The number of amides is 2. The molecule has 2 aliphatic heterocycles. The van der Waals surface area contributed by atoms with Gasteiger partial charge in [0.1, 0.15) is 0 Å². The number of morpholine rings is 1. The molecule has 0 spiro atoms. The van der Waals surface area contributed by atoms with E-state index < -0.39 is 0 Å². The molecule has 7 nitrogen and oxygen atoms in total. The van der Waals surface area contributed by atoms with Crippen molar-refractivity contribution in [3.63, 3.8) is 0 Å². The average Bonchev–Trinajstić information content (AvgIpc) is 3.65. The molecule has 2 unspecified atom stereocenters. The fourth-order valence-electron chi connectivity index (χ4n) is 6.13. The van der Waals surface area contributed by atoms with Crippen molar-refractivity contribution in [1.82, 2.24) is 10.2 Å². The van der Waals surface area contributed by atoms with E-state index >= 15 is 0 Å². The highest BCUT2D eigenvalue weighted by atomic mass is 16.5. The maximum Gasteiger partial charge on any atom is 0.318 e. The second kappa shape index (κ2) is 10.3. The molecule has 1 N–H and O–H groups in total. The van der Waals surface area contributed by atoms with Crippen molar-refractivity contribution >= 4 is 17.5 Å². The van der Waals surface area contributed by atoms with E-state index in [-0.39, 0.29) is 12.1 Å². The van der Waals surface area contributed by atoms with Gasteiger partial charge in [-0.25, -0.2) is 4.79 Å². The molecular formula is C31H35N5O2. The number of aryl methyl sites for hydroxylation is 1. The van der Waals surface area contributed by atoms with Gasteiger partial charge in [0, 0.05) is 30.5 Å². The van der Waals surface area contributed by atoms with E-state index in [0.717, 1.165) is 60.2 Å². The Labute approximate surface area is 224 Å². The molecule has 3 atom stereocenters. The zero-order valence-corrected chi connectivity index (χ0v) is 22.2. The number of benzene rings is 2. The van der Waals surface area contributed by atoms with E-state index in [9.17, 15) is 10.1 Å². The van der Waals surface area contributed by atoms with E-state index in [1.807, 2.05) is 11.0 Å². The van der Waals surface area contributed by atoms with Crippen LogP contribution in [0.5, 0.6) is 0 Å². The van der Waals surface area contributed by atoms with E-state index in [1.165, 1.54) is 16.7 Å². The van der Waals surface area contributed by atoms with Gasteiger partial charge in [-0.3, -0.25) is 0 Å². The second-order valence-electron chi connectivity index (χ2n) is 11.3. The Balaban J connectivity index is 1.22. The smallest absolute Gasteiger partial charge is 0.318 e. The minimum absolute atomic E-state index is 0.00461. The van der Waals surface area contributed by atoms with E-state index in [0.29, 0.717) is 44.1 Å². The van der Waals surface area contributed by atoms with Crippen LogP contribution in [-0.4, -0.2) is 48.7 Å². The number of hydrogen-bond donors (Lipinski definition) is 1. The molecule has 1 saturated carbocycles. The molecule has 0 bridgehead atoms. The van der Waals surface area contributed by atoms with Gasteiger partial charge in [-0.2, -0.15) is 15.5 Å². The van der Waals surface area contributed by atoms with Crippen LogP contribution in [0.2, 0.25) is 0 Å². The van der Waals surface area contributed by atoms with Crippen molar-refractivity contribution in [1.29, 1.82) is 5.26 Å². The van der Waals surface area contributed by atoms with Gasteiger partial charge < -0.3 is 15.0 Å². The minimum Gasteiger partial charge on any atom is -0.378 e. The lowest BCUT2D eigenvalue weighted by Crippen LogP contribution is -2.46. The van der Waals surface area contributed by atoms with Crippen LogP contribution in [0.4, 0.5) is 4.79 Å². The first-order valence-corrected chi connectivity index (χ1v) is 14.0. The van der Waals surface area contributed by atoms with Gasteiger partial charge in [0.15, 0.2) is 0 Å². The number of ether oxygens (including phenoxy) is 1. The monoisotopic (exact) mass is 509 g/mol. The third kappa shape index (κ3) is 4.74. The third-order valence-corrected chi connectivity index (χ3v) is 8.42. The van der Waals surface area contributed by atoms with Gasteiger partial charge in [0.2, 0.25) is 0 Å². The largest absolute Gasteiger partial charge is 0.378 e. The summed E-state index contributed by atoms with van der Waals surface area (Å²) >= 11 is 0. The van der Waals surface area contributed by atoms with Crippen molar-refractivity contribution in [2.75, 3.05) is 26.3 Å². The van der Waals surface area contributed by atoms with Crippen LogP contribution in [0.25, 0.3) is 0 Å². The van der Waals surface area contributed by atoms with E-state index in [4.69, 9.17) is 14.9 Å². The van der Waals surface area contributed by atoms with Crippen LogP contribution >= 0.6 is 0 Å². The van der Waals surface area contributed by atoms with Crippen LogP contribution < -0.4 is 5.32 Å². The number of fused-ring (bicyclic) bond motifs is 2. The quantitative estimate of drug-likeness (QED) is 0.593. The third-order valence-electron chi connectivity index (χ3n) is 8.42. The summed E-state index contributed by atoms with van der Waals surface area (Å²) in [5, 5.41) is 22.5. The van der Waals surface area contributed by atoms with Crippen molar-refractivity contribution in [3.05, 3.63) is 69.8 Å². The summed E-state index contributed by atoms with van der Waals surface area (Å²) in [6, 6.07) is 15.0. The summed E-state index contributed by atoms with van der Waals surface area (Å²) in [7, 11) is 0. The molecular weight excluding hydrogens is 474 g/mol. The number of nitriles is 1. The predicted molar refractivity (Wildman–Crippen MR) is 147 cm³/mol. The van der Waals surface area contributed by atoms with Crippen LogP contribution in [0, 0.1) is 29.1 Å². The molecule has 1 saturated heterocycles. The molecule has 0 radical (unpaired) electrons. The highest BCUT2D eigenvalue weighted by Gasteiger charge is 2.48. The highest BCUT2D eigenvalue weighted by molar-refractivity contribution is 6.15. The predicted octanol–water partition coefficient (Wildman–Crippen LogP) is 5.02. The molecule has 2 amide bonds. The molecule has 0 aromatic heterocycles. The van der Waals surface area contributed by atoms with Crippen molar-refractivity contribution in [2.24, 2.45) is 28.0 Å². The summed E-state index contributed by atoms with van der Waals surface area (Å²) in [5.41, 5.74) is 8.66. The summed E-state index contributed by atoms with van der Waals surface area (Å²) in [4.78, 5) is 14.7. The van der Waals surface area contributed by atoms with Gasteiger partial charge in [0.05, 0.1) is 42.3 Å². The van der Waals surface area contributed by atoms with Crippen molar-refractivity contribution in [3.8, 4) is 6.07 Å². The maximum atomic E-state index is 12.8. The first-order valence-electron chi connectivity index (χ1n) is 14.0. The second-order valence-corrected chi connectivity index (χ2v) is 11.3. The normalized spacial score (nSPS) is 23.7.